The highest BCUT2D eigenvalue weighted by molar-refractivity contribution is 5.90. The van der Waals surface area contributed by atoms with Crippen LogP contribution < -0.4 is 20.5 Å². The van der Waals surface area contributed by atoms with E-state index in [4.69, 9.17) is 15.2 Å². The van der Waals surface area contributed by atoms with Gasteiger partial charge in [-0.3, -0.25) is 4.79 Å². The largest absolute Gasteiger partial charge is 0.493 e. The molecule has 2 aromatic rings. The molecule has 5 nitrogen and oxygen atoms in total. The summed E-state index contributed by atoms with van der Waals surface area (Å²) in [6, 6.07) is 11.3. The molecule has 0 spiro atoms. The first-order valence-corrected chi connectivity index (χ1v) is 8.74. The maximum atomic E-state index is 14.3. The van der Waals surface area contributed by atoms with Crippen LogP contribution in [0, 0.1) is 5.82 Å². The fraction of sp³-hybridized carbons (Fsp3) is 0.350. The second-order valence-electron chi connectivity index (χ2n) is 5.90. The molecule has 3 N–H and O–H groups in total. The smallest absolute Gasteiger partial charge is 0.224 e. The number of ether oxygens (including phenoxy) is 2. The Labute approximate surface area is 165 Å². The number of nitrogens with one attached hydrogen (secondary N) is 1. The van der Waals surface area contributed by atoms with Crippen LogP contribution in [-0.2, 0) is 4.79 Å². The fourth-order valence-electron chi connectivity index (χ4n) is 2.49. The van der Waals surface area contributed by atoms with E-state index in [1.54, 1.807) is 30.3 Å². The van der Waals surface area contributed by atoms with Crippen LogP contribution in [0.25, 0.3) is 0 Å². The van der Waals surface area contributed by atoms with Crippen LogP contribution in [0.5, 0.6) is 17.2 Å². The highest BCUT2D eigenvalue weighted by Crippen LogP contribution is 2.33. The molecule has 0 atom stereocenters. The molecule has 0 bridgehead atoms. The number of amides is 1. The zero-order chi connectivity index (χ0) is 18.8. The number of carbonyl (C=O) groups is 1. The monoisotopic (exact) mass is 396 g/mol. The van der Waals surface area contributed by atoms with Gasteiger partial charge < -0.3 is 20.5 Å². The normalized spacial score (nSPS) is 10.0. The van der Waals surface area contributed by atoms with Crippen LogP contribution in [0.4, 0.5) is 10.1 Å². The Morgan fingerprint density at radius 2 is 1.74 bits per heavy atom. The summed E-state index contributed by atoms with van der Waals surface area (Å²) in [5, 5.41) is 2.70. The van der Waals surface area contributed by atoms with Gasteiger partial charge in [-0.05, 0) is 43.7 Å². The third-order valence-corrected chi connectivity index (χ3v) is 3.86. The van der Waals surface area contributed by atoms with Crippen LogP contribution >= 0.6 is 12.4 Å². The molecule has 2 aromatic carbocycles. The van der Waals surface area contributed by atoms with Gasteiger partial charge in [-0.15, -0.1) is 12.4 Å². The number of para-hydroxylation sites is 2. The van der Waals surface area contributed by atoms with E-state index in [2.05, 4.69) is 5.32 Å². The average molecular weight is 397 g/mol. The van der Waals surface area contributed by atoms with E-state index in [-0.39, 0.29) is 24.1 Å². The Hall–Kier alpha value is -2.31. The molecule has 0 unspecified atom stereocenters. The minimum absolute atomic E-state index is 0. The Kier molecular flexibility index (Phi) is 10.2. The van der Waals surface area contributed by atoms with Gasteiger partial charge in [0.15, 0.2) is 23.1 Å². The number of carbonyl (C=O) groups excluding carboxylic acids is 1. The third kappa shape index (κ3) is 7.45. The van der Waals surface area contributed by atoms with Crippen molar-refractivity contribution < 1.29 is 18.7 Å². The van der Waals surface area contributed by atoms with Gasteiger partial charge in [0.2, 0.25) is 5.91 Å². The molecule has 0 aliphatic rings. The Morgan fingerprint density at radius 3 is 2.41 bits per heavy atom. The first kappa shape index (κ1) is 22.7. The number of rotatable bonds is 10. The lowest BCUT2D eigenvalue weighted by molar-refractivity contribution is -0.116. The zero-order valence-electron chi connectivity index (χ0n) is 15.4. The second-order valence-corrected chi connectivity index (χ2v) is 5.90. The van der Waals surface area contributed by atoms with Gasteiger partial charge in [-0.2, -0.15) is 0 Å². The third-order valence-electron chi connectivity index (χ3n) is 3.86. The average Bonchev–Trinajstić information content (AvgIpc) is 2.64. The molecule has 0 aliphatic carbocycles. The standard InChI is InChI=1S/C20H25FN2O3.ClH/c1-25-18-8-5-6-9-19(18)26-17-12-11-15(14-16(17)21)23-20(24)10-4-2-3-7-13-22;/h5-6,8-9,11-12,14H,2-4,7,10,13,22H2,1H3,(H,23,24);1H. The van der Waals surface area contributed by atoms with Crippen molar-refractivity contribution in [2.45, 2.75) is 32.1 Å². The molecule has 0 saturated heterocycles. The van der Waals surface area contributed by atoms with Crippen LogP contribution in [0.15, 0.2) is 42.5 Å². The lowest BCUT2D eigenvalue weighted by Gasteiger charge is -2.12. The highest BCUT2D eigenvalue weighted by Gasteiger charge is 2.11. The minimum Gasteiger partial charge on any atom is -0.493 e. The zero-order valence-corrected chi connectivity index (χ0v) is 16.2. The first-order valence-electron chi connectivity index (χ1n) is 8.74. The van der Waals surface area contributed by atoms with Crippen molar-refractivity contribution in [2.24, 2.45) is 5.73 Å². The van der Waals surface area contributed by atoms with Gasteiger partial charge in [0.05, 0.1) is 7.11 Å². The summed E-state index contributed by atoms with van der Waals surface area (Å²) in [5.41, 5.74) is 5.84. The van der Waals surface area contributed by atoms with Crippen LogP contribution in [-0.4, -0.2) is 19.6 Å². The number of hydrogen-bond acceptors (Lipinski definition) is 4. The van der Waals surface area contributed by atoms with Gasteiger partial charge in [-0.25, -0.2) is 4.39 Å². The summed E-state index contributed by atoms with van der Waals surface area (Å²) in [6.07, 6.45) is 4.16. The summed E-state index contributed by atoms with van der Waals surface area (Å²) in [4.78, 5) is 11.9. The number of anilines is 1. The Balaban J connectivity index is 0.00000364. The molecule has 0 heterocycles. The quantitative estimate of drug-likeness (QED) is 0.560. The van der Waals surface area contributed by atoms with Gasteiger partial charge in [0.1, 0.15) is 0 Å². The number of unbranched alkanes of at least 4 members (excludes halogenated alkanes) is 3. The Morgan fingerprint density at radius 1 is 1.04 bits per heavy atom. The summed E-state index contributed by atoms with van der Waals surface area (Å²) < 4.78 is 25.0. The number of nitrogens with two attached hydrogens (primary N) is 1. The molecular formula is C20H26ClFN2O3. The minimum atomic E-state index is -0.559. The fourth-order valence-corrected chi connectivity index (χ4v) is 2.49. The Bertz CT molecular complexity index is 728. The molecular weight excluding hydrogens is 371 g/mol. The predicted octanol–water partition coefficient (Wildman–Crippen LogP) is 4.90. The summed E-state index contributed by atoms with van der Waals surface area (Å²) in [5.74, 6) is 0.309. The number of methoxy groups -OCH3 is 1. The van der Waals surface area contributed by atoms with Crippen LogP contribution in [0.2, 0.25) is 0 Å². The van der Waals surface area contributed by atoms with Crippen molar-refractivity contribution in [1.29, 1.82) is 0 Å². The molecule has 0 aliphatic heterocycles. The van der Waals surface area contributed by atoms with Crippen molar-refractivity contribution in [1.82, 2.24) is 0 Å². The predicted molar refractivity (Wildman–Crippen MR) is 107 cm³/mol. The summed E-state index contributed by atoms with van der Waals surface area (Å²) in [6.45, 7) is 0.675. The molecule has 7 heteroatoms. The molecule has 148 valence electrons. The lowest BCUT2D eigenvalue weighted by Crippen LogP contribution is -2.11. The summed E-state index contributed by atoms with van der Waals surface area (Å²) in [7, 11) is 1.52. The van der Waals surface area contributed by atoms with Gasteiger partial charge >= 0.3 is 0 Å². The number of halogens is 2. The van der Waals surface area contributed by atoms with E-state index < -0.39 is 5.82 Å². The topological polar surface area (TPSA) is 73.6 Å². The highest BCUT2D eigenvalue weighted by atomic mass is 35.5. The van der Waals surface area contributed by atoms with Gasteiger partial charge in [0, 0.05) is 18.2 Å². The molecule has 1 amide bonds. The molecule has 0 aromatic heterocycles. The maximum Gasteiger partial charge on any atom is 0.224 e. The first-order chi connectivity index (χ1) is 12.6. The van der Waals surface area contributed by atoms with E-state index in [1.165, 1.54) is 19.2 Å². The van der Waals surface area contributed by atoms with E-state index in [0.717, 1.165) is 25.7 Å². The second kappa shape index (κ2) is 12.1. The number of benzene rings is 2. The van der Waals surface area contributed by atoms with Gasteiger partial charge in [-0.1, -0.05) is 25.0 Å². The van der Waals surface area contributed by atoms with Crippen LogP contribution in [0.3, 0.4) is 0 Å². The van der Waals surface area contributed by atoms with E-state index in [1.807, 2.05) is 0 Å². The van der Waals surface area contributed by atoms with E-state index in [9.17, 15) is 9.18 Å². The van der Waals surface area contributed by atoms with Crippen molar-refractivity contribution in [3.05, 3.63) is 48.3 Å². The van der Waals surface area contributed by atoms with Crippen LogP contribution in [0.1, 0.15) is 32.1 Å². The lowest BCUT2D eigenvalue weighted by atomic mass is 10.1. The van der Waals surface area contributed by atoms with Crippen molar-refractivity contribution >= 4 is 24.0 Å². The van der Waals surface area contributed by atoms with Crippen molar-refractivity contribution in [3.63, 3.8) is 0 Å². The van der Waals surface area contributed by atoms with E-state index in [0.29, 0.717) is 30.2 Å². The molecule has 2 rings (SSSR count). The van der Waals surface area contributed by atoms with Crippen molar-refractivity contribution in [3.8, 4) is 17.2 Å². The molecule has 0 saturated carbocycles. The number of hydrogen-bond donors (Lipinski definition) is 2. The SMILES string of the molecule is COc1ccccc1Oc1ccc(NC(=O)CCCCCCN)cc1F.Cl. The molecule has 27 heavy (non-hydrogen) atoms. The molecule has 0 radical (unpaired) electrons. The molecule has 0 fully saturated rings. The van der Waals surface area contributed by atoms with E-state index >= 15 is 0 Å². The van der Waals surface area contributed by atoms with Gasteiger partial charge in [0.25, 0.3) is 0 Å². The maximum absolute atomic E-state index is 14.3. The van der Waals surface area contributed by atoms with Crippen molar-refractivity contribution in [2.75, 3.05) is 19.0 Å². The summed E-state index contributed by atoms with van der Waals surface area (Å²) >= 11 is 0.